The summed E-state index contributed by atoms with van der Waals surface area (Å²) in [5.41, 5.74) is 1.98. The van der Waals surface area contributed by atoms with Gasteiger partial charge >= 0.3 is 6.03 Å². The van der Waals surface area contributed by atoms with Crippen molar-refractivity contribution in [2.45, 2.75) is 38.6 Å². The number of hydrogen-bond acceptors (Lipinski definition) is 4. The van der Waals surface area contributed by atoms with E-state index in [0.29, 0.717) is 42.9 Å². The Labute approximate surface area is 168 Å². The van der Waals surface area contributed by atoms with Gasteiger partial charge in [0.15, 0.2) is 0 Å². The van der Waals surface area contributed by atoms with Crippen LogP contribution >= 0.6 is 11.6 Å². The zero-order chi connectivity index (χ0) is 20.5. The largest absolute Gasteiger partial charge is 0.344 e. The van der Waals surface area contributed by atoms with E-state index >= 15 is 0 Å². The molecule has 5 amide bonds. The van der Waals surface area contributed by atoms with Crippen LogP contribution in [0.3, 0.4) is 0 Å². The Bertz CT molecular complexity index is 805. The van der Waals surface area contributed by atoms with Crippen molar-refractivity contribution >= 4 is 35.4 Å². The van der Waals surface area contributed by atoms with Gasteiger partial charge in [0, 0.05) is 29.6 Å². The Morgan fingerprint density at radius 1 is 1.21 bits per heavy atom. The van der Waals surface area contributed by atoms with Gasteiger partial charge in [-0.1, -0.05) is 18.5 Å². The van der Waals surface area contributed by atoms with Gasteiger partial charge < -0.3 is 10.2 Å². The van der Waals surface area contributed by atoms with Crippen LogP contribution in [0.5, 0.6) is 0 Å². The van der Waals surface area contributed by atoms with Crippen LogP contribution in [0.2, 0.25) is 5.02 Å². The lowest BCUT2D eigenvalue weighted by atomic mass is 9.95. The molecule has 2 heterocycles. The van der Waals surface area contributed by atoms with Crippen molar-refractivity contribution in [3.05, 3.63) is 34.9 Å². The summed E-state index contributed by atoms with van der Waals surface area (Å²) in [6.45, 7) is 4.26. The van der Waals surface area contributed by atoms with Crippen molar-refractivity contribution < 1.29 is 19.2 Å². The fourth-order valence-electron chi connectivity index (χ4n) is 3.35. The predicted octanol–water partition coefficient (Wildman–Crippen LogP) is 1.94. The average Bonchev–Trinajstić information content (AvgIpc) is 2.91. The molecule has 1 aromatic rings. The first kappa shape index (κ1) is 20.1. The van der Waals surface area contributed by atoms with Gasteiger partial charge in [-0.15, -0.1) is 0 Å². The third-order valence-corrected chi connectivity index (χ3v) is 5.69. The second-order valence-electron chi connectivity index (χ2n) is 7.31. The molecule has 0 aliphatic carbocycles. The Morgan fingerprint density at radius 3 is 2.36 bits per heavy atom. The third-order valence-electron chi connectivity index (χ3n) is 5.43. The molecule has 8 nitrogen and oxygen atoms in total. The quantitative estimate of drug-likeness (QED) is 0.746. The number of urea groups is 1. The molecule has 9 heteroatoms. The second-order valence-corrected chi connectivity index (χ2v) is 7.74. The molecule has 2 aliphatic rings. The highest BCUT2D eigenvalue weighted by Crippen LogP contribution is 2.22. The van der Waals surface area contributed by atoms with Crippen molar-refractivity contribution in [2.75, 3.05) is 13.1 Å². The zero-order valence-corrected chi connectivity index (χ0v) is 16.6. The van der Waals surface area contributed by atoms with Gasteiger partial charge in [-0.05, 0) is 50.5 Å². The van der Waals surface area contributed by atoms with E-state index in [-0.39, 0.29) is 17.7 Å². The molecule has 2 aliphatic heterocycles. The number of benzene rings is 1. The van der Waals surface area contributed by atoms with Gasteiger partial charge in [-0.2, -0.15) is 5.01 Å². The van der Waals surface area contributed by atoms with Crippen molar-refractivity contribution in [2.24, 2.45) is 5.92 Å². The van der Waals surface area contributed by atoms with Crippen molar-refractivity contribution in [1.82, 2.24) is 20.7 Å². The van der Waals surface area contributed by atoms with Gasteiger partial charge in [0.1, 0.15) is 5.54 Å². The van der Waals surface area contributed by atoms with Gasteiger partial charge in [0.25, 0.3) is 11.8 Å². The maximum Gasteiger partial charge on any atom is 0.344 e. The maximum absolute atomic E-state index is 12.5. The lowest BCUT2D eigenvalue weighted by Crippen LogP contribution is -2.51. The number of hydrogen-bond donors (Lipinski definition) is 2. The lowest BCUT2D eigenvalue weighted by molar-refractivity contribution is -0.141. The molecule has 150 valence electrons. The first-order valence-corrected chi connectivity index (χ1v) is 9.65. The number of piperidine rings is 1. The minimum absolute atomic E-state index is 0.108. The minimum Gasteiger partial charge on any atom is -0.339 e. The van der Waals surface area contributed by atoms with Crippen molar-refractivity contribution in [1.29, 1.82) is 0 Å². The molecule has 2 fully saturated rings. The summed E-state index contributed by atoms with van der Waals surface area (Å²) in [6, 6.07) is 6.05. The lowest BCUT2D eigenvalue weighted by Gasteiger charge is -2.32. The SMILES string of the molecule is CC[C@]1(C)NC(=O)N(NC(=O)C2CCN(C(=O)c3ccc(Cl)cc3)CC2)C1=O. The van der Waals surface area contributed by atoms with Crippen LogP contribution < -0.4 is 10.7 Å². The van der Waals surface area contributed by atoms with E-state index in [2.05, 4.69) is 10.7 Å². The van der Waals surface area contributed by atoms with Gasteiger partial charge in [0.2, 0.25) is 5.91 Å². The Balaban J connectivity index is 1.55. The highest BCUT2D eigenvalue weighted by atomic mass is 35.5. The summed E-state index contributed by atoms with van der Waals surface area (Å²) in [5.74, 6) is -1.34. The summed E-state index contributed by atoms with van der Waals surface area (Å²) in [4.78, 5) is 51.1. The number of hydrazine groups is 1. The molecule has 3 rings (SSSR count). The fourth-order valence-corrected chi connectivity index (χ4v) is 3.47. The molecular formula is C19H23ClN4O4. The van der Waals surface area contributed by atoms with Crippen LogP contribution in [0.25, 0.3) is 0 Å². The zero-order valence-electron chi connectivity index (χ0n) is 15.8. The Kier molecular flexibility index (Phi) is 5.60. The molecule has 2 N–H and O–H groups in total. The van der Waals surface area contributed by atoms with E-state index in [1.165, 1.54) is 0 Å². The number of rotatable bonds is 4. The Morgan fingerprint density at radius 2 is 1.82 bits per heavy atom. The summed E-state index contributed by atoms with van der Waals surface area (Å²) >= 11 is 5.85. The molecule has 0 saturated carbocycles. The topological polar surface area (TPSA) is 98.8 Å². The first-order valence-electron chi connectivity index (χ1n) is 9.27. The van der Waals surface area contributed by atoms with Gasteiger partial charge in [-0.3, -0.25) is 19.8 Å². The molecule has 0 spiro atoms. The maximum atomic E-state index is 12.5. The Hall–Kier alpha value is -2.61. The van der Waals surface area contributed by atoms with E-state index < -0.39 is 17.5 Å². The molecule has 1 aromatic carbocycles. The predicted molar refractivity (Wildman–Crippen MR) is 102 cm³/mol. The van der Waals surface area contributed by atoms with E-state index in [4.69, 9.17) is 11.6 Å². The van der Waals surface area contributed by atoms with Gasteiger partial charge in [0.05, 0.1) is 0 Å². The number of halogens is 1. The second kappa shape index (κ2) is 7.79. The minimum atomic E-state index is -1.00. The number of likely N-dealkylation sites (tertiary alicyclic amines) is 1. The molecule has 2 saturated heterocycles. The summed E-state index contributed by atoms with van der Waals surface area (Å²) in [7, 11) is 0. The van der Waals surface area contributed by atoms with E-state index in [1.807, 2.05) is 0 Å². The number of imide groups is 1. The number of nitrogens with zero attached hydrogens (tertiary/aromatic N) is 2. The molecule has 0 unspecified atom stereocenters. The van der Waals surface area contributed by atoms with Crippen LogP contribution in [-0.2, 0) is 9.59 Å². The van der Waals surface area contributed by atoms with E-state index in [1.54, 1.807) is 43.0 Å². The van der Waals surface area contributed by atoms with Gasteiger partial charge in [-0.25, -0.2) is 4.79 Å². The van der Waals surface area contributed by atoms with Crippen LogP contribution in [0, 0.1) is 5.92 Å². The molecule has 1 atom stereocenters. The number of carbonyl (C=O) groups is 4. The fraction of sp³-hybridized carbons (Fsp3) is 0.474. The first-order chi connectivity index (χ1) is 13.2. The molecular weight excluding hydrogens is 384 g/mol. The molecule has 0 radical (unpaired) electrons. The van der Waals surface area contributed by atoms with Crippen LogP contribution in [0.1, 0.15) is 43.5 Å². The van der Waals surface area contributed by atoms with E-state index in [0.717, 1.165) is 5.01 Å². The van der Waals surface area contributed by atoms with Crippen LogP contribution in [0.15, 0.2) is 24.3 Å². The van der Waals surface area contributed by atoms with E-state index in [9.17, 15) is 19.2 Å². The third kappa shape index (κ3) is 3.82. The standard InChI is InChI=1S/C19H23ClN4O4/c1-3-19(2)17(27)24(18(28)21-19)22-15(25)12-8-10-23(11-9-12)16(26)13-4-6-14(20)7-5-13/h4-7,12H,3,8-11H2,1-2H3,(H,21,28)(H,22,25)/t19-/m0/s1. The monoisotopic (exact) mass is 406 g/mol. The average molecular weight is 407 g/mol. The van der Waals surface area contributed by atoms with Crippen LogP contribution in [-0.4, -0.2) is 52.3 Å². The molecule has 28 heavy (non-hydrogen) atoms. The number of nitrogens with one attached hydrogen (secondary N) is 2. The van der Waals surface area contributed by atoms with Crippen molar-refractivity contribution in [3.8, 4) is 0 Å². The molecule has 0 aromatic heterocycles. The van der Waals surface area contributed by atoms with Crippen LogP contribution in [0.4, 0.5) is 4.79 Å². The summed E-state index contributed by atoms with van der Waals surface area (Å²) < 4.78 is 0. The summed E-state index contributed by atoms with van der Waals surface area (Å²) in [5, 5.41) is 3.92. The van der Waals surface area contributed by atoms with Crippen molar-refractivity contribution in [3.63, 3.8) is 0 Å². The smallest absolute Gasteiger partial charge is 0.339 e. The number of amides is 5. The number of carbonyl (C=O) groups excluding carboxylic acids is 4. The normalized spacial score (nSPS) is 23.0. The highest BCUT2D eigenvalue weighted by Gasteiger charge is 2.48. The molecule has 0 bridgehead atoms. The highest BCUT2D eigenvalue weighted by molar-refractivity contribution is 6.30. The summed E-state index contributed by atoms with van der Waals surface area (Å²) in [6.07, 6.45) is 1.34.